The van der Waals surface area contributed by atoms with Gasteiger partial charge in [-0.1, -0.05) is 5.92 Å². The van der Waals surface area contributed by atoms with Gasteiger partial charge >= 0.3 is 5.91 Å². The summed E-state index contributed by atoms with van der Waals surface area (Å²) >= 11 is 0. The summed E-state index contributed by atoms with van der Waals surface area (Å²) in [5, 5.41) is 0. The zero-order valence-corrected chi connectivity index (χ0v) is 9.07. The summed E-state index contributed by atoms with van der Waals surface area (Å²) in [5.74, 6) is 3.98. The molecule has 0 atom stereocenters. The van der Waals surface area contributed by atoms with Crippen molar-refractivity contribution in [3.63, 3.8) is 0 Å². The SMILES string of the molecule is O=C(C#Cc1ccc(F)cc1)N1CCCC1=O. The molecule has 0 unspecified atom stereocenters. The summed E-state index contributed by atoms with van der Waals surface area (Å²) in [6, 6.07) is 5.52. The average molecular weight is 231 g/mol. The predicted molar refractivity (Wildman–Crippen MR) is 59.2 cm³/mol. The van der Waals surface area contributed by atoms with Gasteiger partial charge in [-0.05, 0) is 30.7 Å². The van der Waals surface area contributed by atoms with Crippen molar-refractivity contribution >= 4 is 11.8 Å². The Hall–Kier alpha value is -2.15. The van der Waals surface area contributed by atoms with E-state index in [-0.39, 0.29) is 11.7 Å². The standard InChI is InChI=1S/C13H10FNO2/c14-11-6-3-10(4-7-11)5-8-13(17)15-9-1-2-12(15)16/h3-4,6-7H,1-2,9H2. The van der Waals surface area contributed by atoms with Crippen molar-refractivity contribution in [1.82, 2.24) is 4.90 Å². The van der Waals surface area contributed by atoms with Gasteiger partial charge in [0, 0.05) is 24.4 Å². The van der Waals surface area contributed by atoms with Crippen molar-refractivity contribution < 1.29 is 14.0 Å². The molecule has 0 saturated carbocycles. The highest BCUT2D eigenvalue weighted by atomic mass is 19.1. The third kappa shape index (κ3) is 2.70. The second-order valence-electron chi connectivity index (χ2n) is 3.71. The Morgan fingerprint density at radius 3 is 2.59 bits per heavy atom. The van der Waals surface area contributed by atoms with Gasteiger partial charge in [-0.2, -0.15) is 0 Å². The average Bonchev–Trinajstić information content (AvgIpc) is 2.74. The van der Waals surface area contributed by atoms with Gasteiger partial charge in [0.15, 0.2) is 0 Å². The maximum Gasteiger partial charge on any atom is 0.305 e. The first-order valence-corrected chi connectivity index (χ1v) is 5.29. The molecule has 2 amide bonds. The highest BCUT2D eigenvalue weighted by Gasteiger charge is 2.24. The lowest BCUT2D eigenvalue weighted by molar-refractivity contribution is -0.138. The molecule has 1 saturated heterocycles. The molecule has 0 aromatic heterocycles. The van der Waals surface area contributed by atoms with E-state index in [2.05, 4.69) is 11.8 Å². The van der Waals surface area contributed by atoms with Crippen molar-refractivity contribution in [3.05, 3.63) is 35.6 Å². The minimum Gasteiger partial charge on any atom is -0.274 e. The number of benzene rings is 1. The van der Waals surface area contributed by atoms with E-state index < -0.39 is 5.91 Å². The van der Waals surface area contributed by atoms with E-state index in [0.29, 0.717) is 24.9 Å². The lowest BCUT2D eigenvalue weighted by atomic mass is 10.2. The molecule has 1 aliphatic rings. The van der Waals surface area contributed by atoms with E-state index in [9.17, 15) is 14.0 Å². The smallest absolute Gasteiger partial charge is 0.274 e. The molecule has 0 aliphatic carbocycles. The maximum atomic E-state index is 12.6. The van der Waals surface area contributed by atoms with Crippen LogP contribution in [0.1, 0.15) is 18.4 Å². The second kappa shape index (κ2) is 4.79. The fourth-order valence-electron chi connectivity index (χ4n) is 1.59. The van der Waals surface area contributed by atoms with Crippen LogP contribution in [0.5, 0.6) is 0 Å². The van der Waals surface area contributed by atoms with Gasteiger partial charge in [0.2, 0.25) is 5.91 Å². The molecule has 1 aromatic rings. The van der Waals surface area contributed by atoms with Crippen LogP contribution in [0.2, 0.25) is 0 Å². The lowest BCUT2D eigenvalue weighted by Crippen LogP contribution is -2.30. The zero-order valence-electron chi connectivity index (χ0n) is 9.07. The number of hydrogen-bond acceptors (Lipinski definition) is 2. The number of imide groups is 1. The van der Waals surface area contributed by atoms with Gasteiger partial charge < -0.3 is 0 Å². The lowest BCUT2D eigenvalue weighted by Gasteiger charge is -2.07. The Morgan fingerprint density at radius 2 is 2.00 bits per heavy atom. The molecule has 0 radical (unpaired) electrons. The van der Waals surface area contributed by atoms with Crippen LogP contribution in [0.15, 0.2) is 24.3 Å². The van der Waals surface area contributed by atoms with Crippen LogP contribution in [-0.2, 0) is 9.59 Å². The van der Waals surface area contributed by atoms with E-state index in [1.54, 1.807) is 0 Å². The summed E-state index contributed by atoms with van der Waals surface area (Å²) in [5.41, 5.74) is 0.548. The summed E-state index contributed by atoms with van der Waals surface area (Å²) in [6.45, 7) is 0.440. The molecule has 17 heavy (non-hydrogen) atoms. The largest absolute Gasteiger partial charge is 0.305 e. The molecule has 4 heteroatoms. The molecule has 86 valence electrons. The summed E-state index contributed by atoms with van der Waals surface area (Å²) in [4.78, 5) is 24.0. The highest BCUT2D eigenvalue weighted by Crippen LogP contribution is 2.09. The Balaban J connectivity index is 2.08. The monoisotopic (exact) mass is 231 g/mol. The molecule has 1 fully saturated rings. The Morgan fingerprint density at radius 1 is 1.29 bits per heavy atom. The van der Waals surface area contributed by atoms with Crippen LogP contribution in [0.25, 0.3) is 0 Å². The van der Waals surface area contributed by atoms with E-state index in [0.717, 1.165) is 4.90 Å². The number of halogens is 1. The number of carbonyl (C=O) groups is 2. The summed E-state index contributed by atoms with van der Waals surface area (Å²) < 4.78 is 12.6. The van der Waals surface area contributed by atoms with Crippen LogP contribution in [0.4, 0.5) is 4.39 Å². The number of carbonyl (C=O) groups excluding carboxylic acids is 2. The number of hydrogen-bond donors (Lipinski definition) is 0. The number of likely N-dealkylation sites (tertiary alicyclic amines) is 1. The summed E-state index contributed by atoms with van der Waals surface area (Å²) in [6.07, 6.45) is 1.10. The molecule has 0 spiro atoms. The molecule has 1 heterocycles. The second-order valence-corrected chi connectivity index (χ2v) is 3.71. The first-order valence-electron chi connectivity index (χ1n) is 5.29. The van der Waals surface area contributed by atoms with Crippen LogP contribution in [0.3, 0.4) is 0 Å². The van der Waals surface area contributed by atoms with Crippen molar-refractivity contribution in [2.45, 2.75) is 12.8 Å². The van der Waals surface area contributed by atoms with Crippen molar-refractivity contribution in [2.24, 2.45) is 0 Å². The zero-order chi connectivity index (χ0) is 12.3. The van der Waals surface area contributed by atoms with Crippen LogP contribution >= 0.6 is 0 Å². The minimum absolute atomic E-state index is 0.177. The van der Waals surface area contributed by atoms with E-state index in [4.69, 9.17) is 0 Å². The van der Waals surface area contributed by atoms with Crippen LogP contribution < -0.4 is 0 Å². The fraction of sp³-hybridized carbons (Fsp3) is 0.231. The van der Waals surface area contributed by atoms with Gasteiger partial charge in [0.05, 0.1) is 0 Å². The first-order chi connectivity index (χ1) is 8.16. The van der Waals surface area contributed by atoms with Gasteiger partial charge in [-0.25, -0.2) is 4.39 Å². The van der Waals surface area contributed by atoms with Gasteiger partial charge in [-0.15, -0.1) is 0 Å². The Kier molecular flexibility index (Phi) is 3.20. The molecule has 2 rings (SSSR count). The Bertz CT molecular complexity index is 510. The van der Waals surface area contributed by atoms with Crippen molar-refractivity contribution in [1.29, 1.82) is 0 Å². The normalized spacial score (nSPS) is 14.4. The number of amides is 2. The molecular weight excluding hydrogens is 221 g/mol. The molecule has 1 aromatic carbocycles. The summed E-state index contributed by atoms with van der Waals surface area (Å²) in [7, 11) is 0. The number of nitrogens with zero attached hydrogens (tertiary/aromatic N) is 1. The molecule has 3 nitrogen and oxygen atoms in total. The van der Waals surface area contributed by atoms with Crippen LogP contribution in [0, 0.1) is 17.7 Å². The van der Waals surface area contributed by atoms with Gasteiger partial charge in [0.25, 0.3) is 0 Å². The topological polar surface area (TPSA) is 37.4 Å². The van der Waals surface area contributed by atoms with E-state index in [1.165, 1.54) is 24.3 Å². The Labute approximate surface area is 98.2 Å². The molecular formula is C13H10FNO2. The maximum absolute atomic E-state index is 12.6. The van der Waals surface area contributed by atoms with Gasteiger partial charge in [0.1, 0.15) is 5.82 Å². The molecule has 0 bridgehead atoms. The van der Waals surface area contributed by atoms with Gasteiger partial charge in [-0.3, -0.25) is 14.5 Å². The van der Waals surface area contributed by atoms with E-state index in [1.807, 2.05) is 0 Å². The number of rotatable bonds is 0. The molecule has 0 N–H and O–H groups in total. The third-order valence-electron chi connectivity index (χ3n) is 2.48. The quantitative estimate of drug-likeness (QED) is 0.632. The third-order valence-corrected chi connectivity index (χ3v) is 2.48. The predicted octanol–water partition coefficient (Wildman–Crippen LogP) is 1.33. The minimum atomic E-state index is -0.489. The molecule has 1 aliphatic heterocycles. The fourth-order valence-corrected chi connectivity index (χ4v) is 1.59. The van der Waals surface area contributed by atoms with Crippen molar-refractivity contribution in [2.75, 3.05) is 6.54 Å². The first kappa shape index (κ1) is 11.3. The highest BCUT2D eigenvalue weighted by molar-refractivity contribution is 6.05. The van der Waals surface area contributed by atoms with Crippen LogP contribution in [-0.4, -0.2) is 23.3 Å². The van der Waals surface area contributed by atoms with E-state index >= 15 is 0 Å². The van der Waals surface area contributed by atoms with Crippen molar-refractivity contribution in [3.8, 4) is 11.8 Å².